The van der Waals surface area contributed by atoms with Crippen LogP contribution < -0.4 is 0 Å². The first-order valence-corrected chi connectivity index (χ1v) is 31.5. The highest BCUT2D eigenvalue weighted by molar-refractivity contribution is 5.81. The van der Waals surface area contributed by atoms with Crippen LogP contribution in [-0.4, -0.2) is 107 Å². The van der Waals surface area contributed by atoms with Crippen molar-refractivity contribution in [1.29, 1.82) is 0 Å². The molecule has 0 aliphatic heterocycles. The Kier molecular flexibility index (Phi) is 50.9. The van der Waals surface area contributed by atoms with Gasteiger partial charge in [-0.05, 0) is 77.0 Å². The van der Waals surface area contributed by atoms with Gasteiger partial charge < -0.3 is 43.7 Å². The second-order valence-electron chi connectivity index (χ2n) is 21.9. The topological polar surface area (TPSA) is 218 Å². The summed E-state index contributed by atoms with van der Waals surface area (Å²) in [6, 6.07) is 0. The van der Waals surface area contributed by atoms with E-state index in [1.807, 2.05) is 6.92 Å². The fourth-order valence-electron chi connectivity index (χ4n) is 9.56. The minimum absolute atomic E-state index is 0.0625. The molecule has 0 saturated carbocycles. The maximum absolute atomic E-state index is 13.0. The van der Waals surface area contributed by atoms with Crippen LogP contribution in [0.25, 0.3) is 0 Å². The predicted octanol–water partition coefficient (Wildman–Crippen LogP) is 14.2. The lowest BCUT2D eigenvalue weighted by Gasteiger charge is -2.29. The molecular formula is C64H114O15. The Balaban J connectivity index is 5.05. The minimum Gasteiger partial charge on any atom is -0.462 e. The van der Waals surface area contributed by atoms with Crippen LogP contribution in [0.2, 0.25) is 0 Å². The van der Waals surface area contributed by atoms with E-state index in [2.05, 4.69) is 32.6 Å². The van der Waals surface area contributed by atoms with Crippen molar-refractivity contribution in [2.24, 2.45) is 0 Å². The van der Waals surface area contributed by atoms with Gasteiger partial charge in [0, 0.05) is 45.6 Å². The summed E-state index contributed by atoms with van der Waals surface area (Å²) in [6.07, 6.45) is 33.2. The Bertz CT molecular complexity index is 1570. The summed E-state index contributed by atoms with van der Waals surface area (Å²) >= 11 is 0. The standard InChI is InChI=1S/C64H114O15/c1-7-11-14-16-18-19-20-21-22-23-24-25-26-32-41-48-64(73)78-54(51-75-63(72)47-40-34-28-31-38-45-58(76-52(5)65)55(67)43-36-29-17-15-12-8-2)50-74-62(71)46-39-33-27-30-37-44-57(69)60(79-61(70)10-4)49-59(77-53(6)66)56(68)42-35-13-9-3/h10,21-22,54-60,67-69H,4,7-9,11-20,23-51H2,1-3,5-6H3/b22-21-. The molecule has 0 aliphatic carbocycles. The molecule has 15 heteroatoms. The van der Waals surface area contributed by atoms with Crippen LogP contribution in [0.1, 0.15) is 291 Å². The van der Waals surface area contributed by atoms with Gasteiger partial charge in [-0.15, -0.1) is 0 Å². The van der Waals surface area contributed by atoms with Crippen LogP contribution in [0.3, 0.4) is 0 Å². The number of esters is 6. The van der Waals surface area contributed by atoms with Gasteiger partial charge in [0.1, 0.15) is 31.5 Å². The molecule has 0 amide bonds. The number of hydrogen-bond acceptors (Lipinski definition) is 15. The van der Waals surface area contributed by atoms with Crippen LogP contribution in [-0.2, 0) is 57.2 Å². The molecule has 0 radical (unpaired) electrons. The average molecular weight is 1120 g/mol. The quantitative estimate of drug-likeness (QED) is 0.0170. The largest absolute Gasteiger partial charge is 0.462 e. The SMILES string of the molecule is C=CC(=O)OC(CC(OC(C)=O)C(O)CCCCC)C(O)CCCCCCCC(=O)OCC(COC(=O)CCCCCCCC(OC(C)=O)C(O)CCCCCCCC)OC(=O)CCCCCCC/C=C\CCCCCCCC. The van der Waals surface area contributed by atoms with Crippen LogP contribution in [0.15, 0.2) is 24.8 Å². The van der Waals surface area contributed by atoms with Crippen molar-refractivity contribution in [3.05, 3.63) is 24.8 Å². The maximum atomic E-state index is 13.0. The van der Waals surface area contributed by atoms with E-state index in [0.29, 0.717) is 57.8 Å². The van der Waals surface area contributed by atoms with Crippen molar-refractivity contribution in [3.63, 3.8) is 0 Å². The van der Waals surface area contributed by atoms with Crippen LogP contribution in [0.4, 0.5) is 0 Å². The zero-order valence-electron chi connectivity index (χ0n) is 50.4. The third-order valence-corrected chi connectivity index (χ3v) is 14.3. The highest BCUT2D eigenvalue weighted by Crippen LogP contribution is 2.23. The number of carbonyl (C=O) groups excluding carboxylic acids is 6. The van der Waals surface area contributed by atoms with Gasteiger partial charge in [-0.25, -0.2) is 4.79 Å². The Morgan fingerprint density at radius 1 is 0.392 bits per heavy atom. The average Bonchev–Trinajstić information content (AvgIpc) is 3.41. The van der Waals surface area contributed by atoms with Crippen molar-refractivity contribution in [3.8, 4) is 0 Å². The number of unbranched alkanes of at least 4 members (excludes halogenated alkanes) is 26. The van der Waals surface area contributed by atoms with Crippen molar-refractivity contribution in [2.45, 2.75) is 334 Å². The van der Waals surface area contributed by atoms with Crippen molar-refractivity contribution in [2.75, 3.05) is 13.2 Å². The summed E-state index contributed by atoms with van der Waals surface area (Å²) in [6.45, 7) is 12.1. The molecule has 0 bridgehead atoms. The van der Waals surface area contributed by atoms with Crippen molar-refractivity contribution in [1.82, 2.24) is 0 Å². The highest BCUT2D eigenvalue weighted by atomic mass is 16.6. The smallest absolute Gasteiger partial charge is 0.330 e. The lowest BCUT2D eigenvalue weighted by Crippen LogP contribution is -2.40. The third kappa shape index (κ3) is 47.5. The van der Waals surface area contributed by atoms with Gasteiger partial charge in [0.25, 0.3) is 0 Å². The van der Waals surface area contributed by atoms with E-state index in [9.17, 15) is 44.1 Å². The number of aliphatic hydroxyl groups excluding tert-OH is 3. The Hall–Kier alpha value is -3.82. The number of allylic oxidation sites excluding steroid dienone is 2. The summed E-state index contributed by atoms with van der Waals surface area (Å²) in [4.78, 5) is 74.4. The molecule has 79 heavy (non-hydrogen) atoms. The molecule has 0 fully saturated rings. The minimum atomic E-state index is -1.07. The summed E-state index contributed by atoms with van der Waals surface area (Å²) < 4.78 is 33.1. The van der Waals surface area contributed by atoms with Crippen LogP contribution >= 0.6 is 0 Å². The van der Waals surface area contributed by atoms with Gasteiger partial charge in [0.15, 0.2) is 6.10 Å². The molecule has 0 saturated heterocycles. The molecule has 0 spiro atoms. The molecule has 0 aromatic rings. The number of rotatable bonds is 56. The normalized spacial score (nSPS) is 14.1. The van der Waals surface area contributed by atoms with Gasteiger partial charge in [-0.3, -0.25) is 24.0 Å². The Labute approximate surface area is 478 Å². The molecule has 7 atom stereocenters. The number of carbonyl (C=O) groups is 6. The zero-order chi connectivity index (χ0) is 58.6. The number of hydrogen-bond donors (Lipinski definition) is 3. The van der Waals surface area contributed by atoms with Crippen LogP contribution in [0.5, 0.6) is 0 Å². The van der Waals surface area contributed by atoms with Crippen molar-refractivity contribution < 1.29 is 72.5 Å². The Morgan fingerprint density at radius 2 is 0.722 bits per heavy atom. The van der Waals surface area contributed by atoms with Gasteiger partial charge in [0.05, 0.1) is 18.3 Å². The first-order chi connectivity index (χ1) is 38.2. The second-order valence-corrected chi connectivity index (χ2v) is 21.9. The van der Waals surface area contributed by atoms with Crippen LogP contribution in [0, 0.1) is 0 Å². The maximum Gasteiger partial charge on any atom is 0.330 e. The molecule has 460 valence electrons. The van der Waals surface area contributed by atoms with Gasteiger partial charge >= 0.3 is 35.8 Å². The van der Waals surface area contributed by atoms with E-state index in [0.717, 1.165) is 122 Å². The lowest BCUT2D eigenvalue weighted by atomic mass is 9.96. The molecular weight excluding hydrogens is 1010 g/mol. The molecule has 0 rings (SSSR count). The highest BCUT2D eigenvalue weighted by Gasteiger charge is 2.32. The predicted molar refractivity (Wildman–Crippen MR) is 312 cm³/mol. The summed E-state index contributed by atoms with van der Waals surface area (Å²) in [5.74, 6) is -3.02. The molecule has 3 N–H and O–H groups in total. The van der Waals surface area contributed by atoms with Gasteiger partial charge in [-0.2, -0.15) is 0 Å². The molecule has 0 heterocycles. The zero-order valence-corrected chi connectivity index (χ0v) is 50.4. The van der Waals surface area contributed by atoms with E-state index >= 15 is 0 Å². The molecule has 15 nitrogen and oxygen atoms in total. The third-order valence-electron chi connectivity index (χ3n) is 14.3. The van der Waals surface area contributed by atoms with Crippen molar-refractivity contribution >= 4 is 35.8 Å². The van der Waals surface area contributed by atoms with E-state index < -0.39 is 78.5 Å². The second kappa shape index (κ2) is 53.5. The summed E-state index contributed by atoms with van der Waals surface area (Å²) in [7, 11) is 0. The number of aliphatic hydroxyl groups is 3. The van der Waals surface area contributed by atoms with Gasteiger partial charge in [-0.1, -0.05) is 194 Å². The molecule has 0 aliphatic rings. The van der Waals surface area contributed by atoms with E-state index in [1.165, 1.54) is 71.6 Å². The van der Waals surface area contributed by atoms with Gasteiger partial charge in [0.2, 0.25) is 0 Å². The first-order valence-electron chi connectivity index (χ1n) is 31.5. The summed E-state index contributed by atoms with van der Waals surface area (Å²) in [5, 5.41) is 32.6. The monoisotopic (exact) mass is 1120 g/mol. The van der Waals surface area contributed by atoms with E-state index in [1.54, 1.807) is 0 Å². The fourth-order valence-corrected chi connectivity index (χ4v) is 9.56. The number of ether oxygens (including phenoxy) is 6. The first kappa shape index (κ1) is 75.2. The lowest BCUT2D eigenvalue weighted by molar-refractivity contribution is -0.167. The summed E-state index contributed by atoms with van der Waals surface area (Å²) in [5.41, 5.74) is 0. The molecule has 0 aromatic heterocycles. The van der Waals surface area contributed by atoms with E-state index in [4.69, 9.17) is 28.4 Å². The molecule has 0 aromatic carbocycles. The Morgan fingerprint density at radius 3 is 1.15 bits per heavy atom. The molecule has 7 unspecified atom stereocenters. The van der Waals surface area contributed by atoms with E-state index in [-0.39, 0.29) is 38.9 Å². The fraction of sp³-hybridized carbons (Fsp3) is 0.844.